The number of hydrogen-bond donors (Lipinski definition) is 1. The molecule has 0 bridgehead atoms. The molecule has 3 rings (SSSR count). The van der Waals surface area contributed by atoms with Crippen LogP contribution < -0.4 is 14.9 Å². The van der Waals surface area contributed by atoms with Gasteiger partial charge in [0.25, 0.3) is 5.91 Å². The number of carbonyl (C=O) groups is 1. The molecule has 0 aliphatic carbocycles. The predicted molar refractivity (Wildman–Crippen MR) is 107 cm³/mol. The molecular weight excluding hydrogens is 374 g/mol. The summed E-state index contributed by atoms with van der Waals surface area (Å²) in [6.07, 6.45) is 1.46. The molecule has 0 aromatic heterocycles. The topological polar surface area (TPSA) is 103 Å². The first kappa shape index (κ1) is 19.6. The number of rotatable bonds is 8. The lowest BCUT2D eigenvalue weighted by Gasteiger charge is -2.06. The molecule has 8 heteroatoms. The number of benzene rings is 3. The van der Waals surface area contributed by atoms with Crippen molar-refractivity contribution >= 4 is 17.8 Å². The summed E-state index contributed by atoms with van der Waals surface area (Å²) in [7, 11) is 0. The van der Waals surface area contributed by atoms with E-state index in [-0.39, 0.29) is 11.4 Å². The Balaban J connectivity index is 1.53. The molecule has 0 fully saturated rings. The predicted octanol–water partition coefficient (Wildman–Crippen LogP) is 3.92. The van der Waals surface area contributed by atoms with Crippen LogP contribution in [0.2, 0.25) is 0 Å². The minimum absolute atomic E-state index is 0.0161. The number of hydrazone groups is 1. The summed E-state index contributed by atoms with van der Waals surface area (Å²) < 4.78 is 10.9. The molecule has 0 saturated carbocycles. The van der Waals surface area contributed by atoms with Crippen LogP contribution in [0.25, 0.3) is 0 Å². The van der Waals surface area contributed by atoms with Crippen molar-refractivity contribution in [3.8, 4) is 17.2 Å². The number of nitrogens with one attached hydrogen (secondary N) is 1. The lowest BCUT2D eigenvalue weighted by atomic mass is 10.2. The molecule has 8 nitrogen and oxygen atoms in total. The van der Waals surface area contributed by atoms with E-state index < -0.39 is 17.4 Å². The Bertz CT molecular complexity index is 1020. The largest absolute Gasteiger partial charge is 0.477 e. The second-order valence-electron chi connectivity index (χ2n) is 5.79. The molecule has 0 saturated heterocycles. The van der Waals surface area contributed by atoms with Gasteiger partial charge in [-0.05, 0) is 35.9 Å². The zero-order valence-electron chi connectivity index (χ0n) is 15.2. The third kappa shape index (κ3) is 5.90. The van der Waals surface area contributed by atoms with E-state index in [9.17, 15) is 14.9 Å². The molecule has 0 radical (unpaired) electrons. The summed E-state index contributed by atoms with van der Waals surface area (Å²) >= 11 is 0. The van der Waals surface area contributed by atoms with Crippen LogP contribution in [0.3, 0.4) is 0 Å². The Morgan fingerprint density at radius 2 is 1.72 bits per heavy atom. The van der Waals surface area contributed by atoms with Gasteiger partial charge < -0.3 is 9.47 Å². The molecule has 0 atom stereocenters. The summed E-state index contributed by atoms with van der Waals surface area (Å²) in [5, 5.41) is 14.8. The van der Waals surface area contributed by atoms with Crippen molar-refractivity contribution in [2.45, 2.75) is 0 Å². The number of nitro benzene ring substituents is 1. The van der Waals surface area contributed by atoms with Crippen molar-refractivity contribution < 1.29 is 19.2 Å². The summed E-state index contributed by atoms with van der Waals surface area (Å²) in [5.41, 5.74) is 2.83. The van der Waals surface area contributed by atoms with Gasteiger partial charge in [-0.3, -0.25) is 14.9 Å². The fourth-order valence-corrected chi connectivity index (χ4v) is 2.37. The standard InChI is InChI=1S/C21H17N3O5/c25-21(15-28-20-12-5-4-11-19(20)24(26)27)23-22-14-16-7-6-10-18(13-16)29-17-8-2-1-3-9-17/h1-14H,15H2,(H,23,25)/b22-14+. The van der Waals surface area contributed by atoms with Crippen molar-refractivity contribution in [2.24, 2.45) is 5.10 Å². The van der Waals surface area contributed by atoms with Gasteiger partial charge in [0.05, 0.1) is 11.1 Å². The monoisotopic (exact) mass is 391 g/mol. The molecule has 0 unspecified atom stereocenters. The van der Waals surface area contributed by atoms with Crippen molar-refractivity contribution in [2.75, 3.05) is 6.61 Å². The van der Waals surface area contributed by atoms with Gasteiger partial charge in [-0.1, -0.05) is 42.5 Å². The summed E-state index contributed by atoms with van der Waals surface area (Å²) in [5.74, 6) is 0.812. The van der Waals surface area contributed by atoms with E-state index >= 15 is 0 Å². The van der Waals surface area contributed by atoms with Crippen LogP contribution in [0, 0.1) is 10.1 Å². The maximum atomic E-state index is 11.9. The van der Waals surface area contributed by atoms with Crippen molar-refractivity contribution in [1.82, 2.24) is 5.43 Å². The van der Waals surface area contributed by atoms with E-state index in [2.05, 4.69) is 10.5 Å². The SMILES string of the molecule is O=C(COc1ccccc1[N+](=O)[O-])N/N=C/c1cccc(Oc2ccccc2)c1. The van der Waals surface area contributed by atoms with Crippen LogP contribution in [-0.4, -0.2) is 23.7 Å². The summed E-state index contributed by atoms with van der Waals surface area (Å²) in [6, 6.07) is 22.4. The lowest BCUT2D eigenvalue weighted by Crippen LogP contribution is -2.24. The maximum Gasteiger partial charge on any atom is 0.310 e. The number of amides is 1. The lowest BCUT2D eigenvalue weighted by molar-refractivity contribution is -0.385. The number of nitrogens with zero attached hydrogens (tertiary/aromatic N) is 2. The van der Waals surface area contributed by atoms with E-state index in [1.54, 1.807) is 24.3 Å². The average Bonchev–Trinajstić information content (AvgIpc) is 2.73. The Hall–Kier alpha value is -4.20. The smallest absolute Gasteiger partial charge is 0.310 e. The van der Waals surface area contributed by atoms with E-state index in [0.717, 1.165) is 5.56 Å². The van der Waals surface area contributed by atoms with Crippen molar-refractivity contribution in [3.63, 3.8) is 0 Å². The molecule has 146 valence electrons. The second kappa shape index (κ2) is 9.65. The van der Waals surface area contributed by atoms with Crippen molar-refractivity contribution in [1.29, 1.82) is 0 Å². The summed E-state index contributed by atoms with van der Waals surface area (Å²) in [4.78, 5) is 22.2. The van der Waals surface area contributed by atoms with Crippen LogP contribution >= 0.6 is 0 Å². The van der Waals surface area contributed by atoms with Crippen LogP contribution in [0.5, 0.6) is 17.2 Å². The van der Waals surface area contributed by atoms with Gasteiger partial charge in [-0.2, -0.15) is 5.10 Å². The normalized spacial score (nSPS) is 10.5. The average molecular weight is 391 g/mol. The molecular formula is C21H17N3O5. The van der Waals surface area contributed by atoms with Gasteiger partial charge in [-0.25, -0.2) is 5.43 Å². The molecule has 0 aliphatic heterocycles. The van der Waals surface area contributed by atoms with E-state index in [1.165, 1.54) is 24.4 Å². The molecule has 3 aromatic rings. The Morgan fingerprint density at radius 1 is 1.00 bits per heavy atom. The number of para-hydroxylation sites is 3. The van der Waals surface area contributed by atoms with Crippen LogP contribution in [0.15, 0.2) is 84.0 Å². The molecule has 3 aromatic carbocycles. The van der Waals surface area contributed by atoms with Gasteiger partial charge in [-0.15, -0.1) is 0 Å². The Morgan fingerprint density at radius 3 is 2.52 bits per heavy atom. The maximum absolute atomic E-state index is 11.9. The second-order valence-corrected chi connectivity index (χ2v) is 5.79. The minimum atomic E-state index is -0.574. The Kier molecular flexibility index (Phi) is 6.51. The highest BCUT2D eigenvalue weighted by molar-refractivity contribution is 5.83. The van der Waals surface area contributed by atoms with Gasteiger partial charge in [0.1, 0.15) is 11.5 Å². The van der Waals surface area contributed by atoms with E-state index in [1.807, 2.05) is 36.4 Å². The minimum Gasteiger partial charge on any atom is -0.477 e. The number of carbonyl (C=O) groups excluding carboxylic acids is 1. The third-order valence-corrected chi connectivity index (χ3v) is 3.66. The highest BCUT2D eigenvalue weighted by Crippen LogP contribution is 2.25. The summed E-state index contributed by atoms with van der Waals surface area (Å²) in [6.45, 7) is -0.403. The fourth-order valence-electron chi connectivity index (χ4n) is 2.37. The van der Waals surface area contributed by atoms with Gasteiger partial charge in [0.15, 0.2) is 12.4 Å². The first-order valence-electron chi connectivity index (χ1n) is 8.63. The molecule has 0 spiro atoms. The Labute approximate surface area is 166 Å². The quantitative estimate of drug-likeness (QED) is 0.356. The van der Waals surface area contributed by atoms with E-state index in [0.29, 0.717) is 11.5 Å². The van der Waals surface area contributed by atoms with Crippen LogP contribution in [-0.2, 0) is 4.79 Å². The van der Waals surface area contributed by atoms with Gasteiger partial charge >= 0.3 is 5.69 Å². The first-order valence-corrected chi connectivity index (χ1v) is 8.63. The van der Waals surface area contributed by atoms with Gasteiger partial charge in [0, 0.05) is 6.07 Å². The van der Waals surface area contributed by atoms with E-state index in [4.69, 9.17) is 9.47 Å². The number of ether oxygens (including phenoxy) is 2. The highest BCUT2D eigenvalue weighted by atomic mass is 16.6. The number of nitro groups is 1. The zero-order valence-corrected chi connectivity index (χ0v) is 15.2. The zero-order chi connectivity index (χ0) is 20.5. The third-order valence-electron chi connectivity index (χ3n) is 3.66. The molecule has 1 amide bonds. The van der Waals surface area contributed by atoms with Crippen LogP contribution in [0.1, 0.15) is 5.56 Å². The first-order chi connectivity index (χ1) is 14.1. The number of hydrogen-bond acceptors (Lipinski definition) is 6. The molecule has 0 aliphatic rings. The highest BCUT2D eigenvalue weighted by Gasteiger charge is 2.14. The van der Waals surface area contributed by atoms with Gasteiger partial charge in [0.2, 0.25) is 0 Å². The van der Waals surface area contributed by atoms with Crippen LogP contribution in [0.4, 0.5) is 5.69 Å². The molecule has 0 heterocycles. The fraction of sp³-hybridized carbons (Fsp3) is 0.0476. The molecule has 29 heavy (non-hydrogen) atoms. The van der Waals surface area contributed by atoms with Crippen molar-refractivity contribution in [3.05, 3.63) is 94.5 Å². The molecule has 1 N–H and O–H groups in total.